The smallest absolute Gasteiger partial charge is 0.334 e. The van der Waals surface area contributed by atoms with Gasteiger partial charge in [-0.3, -0.25) is 4.79 Å². The zero-order valence-corrected chi connectivity index (χ0v) is 16.1. The van der Waals surface area contributed by atoms with E-state index in [1.807, 2.05) is 35.7 Å². The molecular weight excluding hydrogens is 360 g/mol. The summed E-state index contributed by atoms with van der Waals surface area (Å²) in [6.45, 7) is 2.02. The largest absolute Gasteiger partial charge is 0.507 e. The maximum Gasteiger partial charge on any atom is 0.334 e. The first-order valence-corrected chi connectivity index (χ1v) is 10.0. The van der Waals surface area contributed by atoms with Crippen LogP contribution in [-0.2, 0) is 14.3 Å². The minimum absolute atomic E-state index is 0.0798. The van der Waals surface area contributed by atoms with Crippen molar-refractivity contribution in [1.29, 1.82) is 0 Å². The van der Waals surface area contributed by atoms with Gasteiger partial charge in [0, 0.05) is 28.5 Å². The zero-order chi connectivity index (χ0) is 19.2. The molecule has 0 spiro atoms. The molecule has 0 unspecified atom stereocenters. The number of aliphatic hydroxyl groups excluding tert-OH is 1. The standard InChI is InChI=1S/C22H22O4S/c1-2-26-22(25)17-10-6-7-11-18(23)20(21(24)16-12-13-27-14-16)19(17)15-8-4-3-5-9-15/h3-5,8-9,12-14,24H,2,6-7,10-11H2,1H3/b19-17+,21-20-. The molecule has 0 amide bonds. The first-order chi connectivity index (χ1) is 13.1. The molecule has 140 valence electrons. The van der Waals surface area contributed by atoms with Gasteiger partial charge in [0.25, 0.3) is 0 Å². The summed E-state index contributed by atoms with van der Waals surface area (Å²) in [5.41, 5.74) is 2.46. The molecule has 0 aliphatic heterocycles. The van der Waals surface area contributed by atoms with Gasteiger partial charge in [-0.05, 0) is 43.2 Å². The van der Waals surface area contributed by atoms with Crippen molar-refractivity contribution in [2.75, 3.05) is 6.61 Å². The lowest BCUT2D eigenvalue weighted by Crippen LogP contribution is -2.17. The number of aliphatic hydroxyl groups is 1. The van der Waals surface area contributed by atoms with Gasteiger partial charge in [0.15, 0.2) is 5.78 Å². The van der Waals surface area contributed by atoms with Gasteiger partial charge in [-0.2, -0.15) is 11.3 Å². The third kappa shape index (κ3) is 4.19. The minimum atomic E-state index is -0.429. The normalized spacial score (nSPS) is 20.0. The van der Waals surface area contributed by atoms with Crippen LogP contribution in [0.2, 0.25) is 0 Å². The number of ketones is 1. The lowest BCUT2D eigenvalue weighted by molar-refractivity contribution is -0.138. The summed E-state index contributed by atoms with van der Waals surface area (Å²) in [5.74, 6) is -0.662. The van der Waals surface area contributed by atoms with Crippen LogP contribution in [0.25, 0.3) is 11.3 Å². The second-order valence-electron chi connectivity index (χ2n) is 6.31. The van der Waals surface area contributed by atoms with Crippen LogP contribution in [0.5, 0.6) is 0 Å². The Morgan fingerprint density at radius 2 is 1.89 bits per heavy atom. The molecule has 0 bridgehead atoms. The van der Waals surface area contributed by atoms with Crippen molar-refractivity contribution in [2.24, 2.45) is 0 Å². The summed E-state index contributed by atoms with van der Waals surface area (Å²) in [6, 6.07) is 11.1. The number of rotatable bonds is 4. The predicted octanol–water partition coefficient (Wildman–Crippen LogP) is 5.18. The van der Waals surface area contributed by atoms with Crippen LogP contribution in [-0.4, -0.2) is 23.5 Å². The Hall–Kier alpha value is -2.66. The van der Waals surface area contributed by atoms with Crippen LogP contribution in [0.3, 0.4) is 0 Å². The number of esters is 1. The van der Waals surface area contributed by atoms with E-state index in [1.165, 1.54) is 11.3 Å². The molecular formula is C22H22O4S. The molecule has 0 radical (unpaired) electrons. The van der Waals surface area contributed by atoms with Crippen molar-refractivity contribution in [3.05, 3.63) is 69.4 Å². The highest BCUT2D eigenvalue weighted by Gasteiger charge is 2.29. The van der Waals surface area contributed by atoms with Crippen molar-refractivity contribution >= 4 is 34.4 Å². The summed E-state index contributed by atoms with van der Waals surface area (Å²) in [5, 5.41) is 14.6. The molecule has 0 saturated carbocycles. The van der Waals surface area contributed by atoms with Crippen molar-refractivity contribution in [2.45, 2.75) is 32.6 Å². The molecule has 2 aromatic rings. The average Bonchev–Trinajstić information content (AvgIpc) is 3.20. The van der Waals surface area contributed by atoms with Crippen LogP contribution in [0.1, 0.15) is 43.7 Å². The fourth-order valence-corrected chi connectivity index (χ4v) is 3.91. The zero-order valence-electron chi connectivity index (χ0n) is 15.2. The summed E-state index contributed by atoms with van der Waals surface area (Å²) in [4.78, 5) is 25.7. The van der Waals surface area contributed by atoms with E-state index in [1.54, 1.807) is 18.4 Å². The van der Waals surface area contributed by atoms with E-state index < -0.39 is 5.97 Å². The van der Waals surface area contributed by atoms with Gasteiger partial charge in [-0.15, -0.1) is 0 Å². The number of ether oxygens (including phenoxy) is 1. The van der Waals surface area contributed by atoms with Gasteiger partial charge in [0.2, 0.25) is 0 Å². The Balaban J connectivity index is 2.32. The van der Waals surface area contributed by atoms with E-state index in [2.05, 4.69) is 0 Å². The van der Waals surface area contributed by atoms with Crippen LogP contribution >= 0.6 is 11.3 Å². The third-order valence-corrected chi connectivity index (χ3v) is 5.21. The number of hydrogen-bond acceptors (Lipinski definition) is 5. The second kappa shape index (κ2) is 8.82. The summed E-state index contributed by atoms with van der Waals surface area (Å²) in [6.07, 6.45) is 2.25. The molecule has 1 aliphatic rings. The van der Waals surface area contributed by atoms with E-state index in [9.17, 15) is 14.7 Å². The molecule has 27 heavy (non-hydrogen) atoms. The van der Waals surface area contributed by atoms with Crippen molar-refractivity contribution < 1.29 is 19.4 Å². The SMILES string of the molecule is CCOC(=O)/C1=C(c2ccccc2)/C(=C(\O)c2ccsc2)C(=O)CCCC1. The fraction of sp³-hybridized carbons (Fsp3) is 0.273. The molecule has 0 fully saturated rings. The molecule has 3 rings (SSSR count). The molecule has 1 N–H and O–H groups in total. The van der Waals surface area contributed by atoms with Gasteiger partial charge < -0.3 is 9.84 Å². The topological polar surface area (TPSA) is 63.6 Å². The van der Waals surface area contributed by atoms with Gasteiger partial charge in [0.1, 0.15) is 5.76 Å². The van der Waals surface area contributed by atoms with Gasteiger partial charge >= 0.3 is 5.97 Å². The summed E-state index contributed by atoms with van der Waals surface area (Å²) < 4.78 is 5.27. The van der Waals surface area contributed by atoms with Crippen molar-refractivity contribution in [1.82, 2.24) is 0 Å². The minimum Gasteiger partial charge on any atom is -0.507 e. The number of Topliss-reactive ketones (excluding diaryl/α,β-unsaturated/α-hetero) is 1. The Morgan fingerprint density at radius 3 is 2.56 bits per heavy atom. The van der Waals surface area contributed by atoms with Gasteiger partial charge in [0.05, 0.1) is 12.2 Å². The molecule has 4 nitrogen and oxygen atoms in total. The van der Waals surface area contributed by atoms with E-state index in [0.29, 0.717) is 36.0 Å². The van der Waals surface area contributed by atoms with Gasteiger partial charge in [-0.1, -0.05) is 30.3 Å². The van der Waals surface area contributed by atoms with E-state index >= 15 is 0 Å². The van der Waals surface area contributed by atoms with Crippen LogP contribution in [0, 0.1) is 0 Å². The Morgan fingerprint density at radius 1 is 1.15 bits per heavy atom. The van der Waals surface area contributed by atoms with Crippen LogP contribution in [0.15, 0.2) is 58.3 Å². The first-order valence-electron chi connectivity index (χ1n) is 9.08. The highest BCUT2D eigenvalue weighted by molar-refractivity contribution is 7.08. The molecule has 1 aromatic carbocycles. The number of hydrogen-bond donors (Lipinski definition) is 1. The Labute approximate surface area is 162 Å². The van der Waals surface area contributed by atoms with E-state index in [-0.39, 0.29) is 23.7 Å². The van der Waals surface area contributed by atoms with Crippen molar-refractivity contribution in [3.63, 3.8) is 0 Å². The predicted molar refractivity (Wildman–Crippen MR) is 107 cm³/mol. The lowest BCUT2D eigenvalue weighted by Gasteiger charge is -2.21. The number of benzene rings is 1. The highest BCUT2D eigenvalue weighted by atomic mass is 32.1. The molecule has 5 heteroatoms. The molecule has 0 saturated heterocycles. The number of thiophene rings is 1. The molecule has 0 atom stereocenters. The quantitative estimate of drug-likeness (QED) is 0.450. The Bertz CT molecular complexity index is 876. The summed E-state index contributed by atoms with van der Waals surface area (Å²) >= 11 is 1.44. The molecule has 1 aliphatic carbocycles. The monoisotopic (exact) mass is 382 g/mol. The first kappa shape index (κ1) is 19.1. The Kier molecular flexibility index (Phi) is 6.24. The lowest BCUT2D eigenvalue weighted by atomic mass is 9.83. The van der Waals surface area contributed by atoms with Crippen molar-refractivity contribution in [3.8, 4) is 0 Å². The number of carbonyl (C=O) groups excluding carboxylic acids is 2. The van der Waals surface area contributed by atoms with Crippen LogP contribution < -0.4 is 0 Å². The van der Waals surface area contributed by atoms with Crippen LogP contribution in [0.4, 0.5) is 0 Å². The fourth-order valence-electron chi connectivity index (χ4n) is 3.27. The van der Waals surface area contributed by atoms with E-state index in [4.69, 9.17) is 4.74 Å². The van der Waals surface area contributed by atoms with E-state index in [0.717, 1.165) is 12.0 Å². The number of allylic oxidation sites excluding steroid dienone is 2. The second-order valence-corrected chi connectivity index (χ2v) is 7.09. The molecule has 1 heterocycles. The maximum absolute atomic E-state index is 13.0. The molecule has 1 aromatic heterocycles. The maximum atomic E-state index is 13.0. The summed E-state index contributed by atoms with van der Waals surface area (Å²) in [7, 11) is 0. The highest BCUT2D eigenvalue weighted by Crippen LogP contribution is 2.37. The average molecular weight is 382 g/mol. The number of carbonyl (C=O) groups is 2. The third-order valence-electron chi connectivity index (χ3n) is 4.53. The van der Waals surface area contributed by atoms with Gasteiger partial charge in [-0.25, -0.2) is 4.79 Å².